The van der Waals surface area contributed by atoms with Gasteiger partial charge < -0.3 is 29.7 Å². The van der Waals surface area contributed by atoms with Crippen molar-refractivity contribution in [1.29, 1.82) is 0 Å². The number of carbonyl (C=O) groups is 1. The van der Waals surface area contributed by atoms with Crippen LogP contribution in [-0.4, -0.2) is 83.6 Å². The number of thiazole rings is 1. The molecule has 2 aliphatic heterocycles. The Bertz CT molecular complexity index is 1270. The minimum absolute atomic E-state index is 0.0680. The average Bonchev–Trinajstić information content (AvgIpc) is 3.67. The van der Waals surface area contributed by atoms with E-state index in [0.29, 0.717) is 63.0 Å². The van der Waals surface area contributed by atoms with E-state index in [9.17, 15) is 9.90 Å². The molecule has 2 saturated heterocycles. The number of hydrogen-bond donors (Lipinski definition) is 2. The van der Waals surface area contributed by atoms with Crippen molar-refractivity contribution >= 4 is 39.4 Å². The zero-order chi connectivity index (χ0) is 24.6. The molecule has 11 heteroatoms. The van der Waals surface area contributed by atoms with Crippen LogP contribution in [0, 0.1) is 0 Å². The van der Waals surface area contributed by atoms with Crippen LogP contribution >= 0.6 is 11.3 Å². The SMILES string of the molecule is COc1nc(N2CCOCC2)nc(N[C@@H]2CCCN(C(=O)O)C2)c1-c1nc2cc(C3CC3)ccc2s1. The van der Waals surface area contributed by atoms with Gasteiger partial charge in [-0.25, -0.2) is 9.78 Å². The summed E-state index contributed by atoms with van der Waals surface area (Å²) < 4.78 is 12.4. The largest absolute Gasteiger partial charge is 0.480 e. The summed E-state index contributed by atoms with van der Waals surface area (Å²) in [5.41, 5.74) is 3.04. The lowest BCUT2D eigenvalue weighted by Gasteiger charge is -2.32. The molecule has 0 unspecified atom stereocenters. The predicted molar refractivity (Wildman–Crippen MR) is 138 cm³/mol. The summed E-state index contributed by atoms with van der Waals surface area (Å²) in [4.78, 5) is 29.8. The van der Waals surface area contributed by atoms with Crippen molar-refractivity contribution in [3.05, 3.63) is 23.8 Å². The number of aromatic nitrogens is 3. The molecule has 1 aromatic carbocycles. The zero-order valence-corrected chi connectivity index (χ0v) is 21.1. The van der Waals surface area contributed by atoms with Gasteiger partial charge in [-0.2, -0.15) is 9.97 Å². The Morgan fingerprint density at radius 3 is 2.75 bits per heavy atom. The van der Waals surface area contributed by atoms with Crippen molar-refractivity contribution in [1.82, 2.24) is 19.9 Å². The lowest BCUT2D eigenvalue weighted by Crippen LogP contribution is -2.44. The van der Waals surface area contributed by atoms with E-state index in [1.807, 2.05) is 0 Å². The molecular formula is C25H30N6O4S. The summed E-state index contributed by atoms with van der Waals surface area (Å²) in [7, 11) is 1.62. The van der Waals surface area contributed by atoms with Gasteiger partial charge in [-0.05, 0) is 49.3 Å². The molecule has 3 aliphatic rings. The standard InChI is InChI=1S/C25H30N6O4S/c1-34-22-20(23-27-18-13-16(15-4-5-15)6-7-19(18)36-23)21(26-17-3-2-8-31(14-17)25(32)33)28-24(29-22)30-9-11-35-12-10-30/h6-7,13,15,17H,2-5,8-12,14H2,1H3,(H,32,33)(H,26,28,29)/t17-/m1/s1. The Hall–Kier alpha value is -3.18. The number of likely N-dealkylation sites (tertiary alicyclic amines) is 1. The van der Waals surface area contributed by atoms with Crippen LogP contribution < -0.4 is 15.0 Å². The molecule has 190 valence electrons. The molecule has 1 saturated carbocycles. The van der Waals surface area contributed by atoms with Crippen molar-refractivity contribution in [2.45, 2.75) is 37.6 Å². The molecule has 10 nitrogen and oxygen atoms in total. The maximum Gasteiger partial charge on any atom is 0.407 e. The van der Waals surface area contributed by atoms with Crippen LogP contribution in [0.5, 0.6) is 5.88 Å². The lowest BCUT2D eigenvalue weighted by atomic mass is 10.1. The minimum atomic E-state index is -0.895. The van der Waals surface area contributed by atoms with Crippen LogP contribution in [-0.2, 0) is 4.74 Å². The zero-order valence-electron chi connectivity index (χ0n) is 20.3. The van der Waals surface area contributed by atoms with E-state index in [0.717, 1.165) is 33.6 Å². The number of nitrogens with zero attached hydrogens (tertiary/aromatic N) is 5. The lowest BCUT2D eigenvalue weighted by molar-refractivity contribution is 0.122. The molecule has 4 heterocycles. The number of methoxy groups -OCH3 is 1. The normalized spacial score (nSPS) is 20.5. The van der Waals surface area contributed by atoms with E-state index in [1.165, 1.54) is 23.3 Å². The first kappa shape index (κ1) is 23.2. The number of carboxylic acid groups (broad SMARTS) is 1. The van der Waals surface area contributed by atoms with Gasteiger partial charge in [0.05, 0.1) is 30.5 Å². The number of benzene rings is 1. The fraction of sp³-hybridized carbons (Fsp3) is 0.520. The molecule has 1 aliphatic carbocycles. The molecule has 1 atom stereocenters. The quantitative estimate of drug-likeness (QED) is 0.507. The first-order valence-corrected chi connectivity index (χ1v) is 13.3. The Kier molecular flexibility index (Phi) is 6.26. The second kappa shape index (κ2) is 9.70. The highest BCUT2D eigenvalue weighted by molar-refractivity contribution is 7.21. The van der Waals surface area contributed by atoms with Gasteiger partial charge in [0, 0.05) is 32.2 Å². The average molecular weight is 511 g/mol. The number of hydrogen-bond acceptors (Lipinski definition) is 9. The molecule has 2 aromatic heterocycles. The number of fused-ring (bicyclic) bond motifs is 1. The maximum absolute atomic E-state index is 11.6. The van der Waals surface area contributed by atoms with Gasteiger partial charge in [0.1, 0.15) is 16.4 Å². The molecule has 0 bridgehead atoms. The van der Waals surface area contributed by atoms with Crippen LogP contribution in [0.2, 0.25) is 0 Å². The van der Waals surface area contributed by atoms with E-state index in [1.54, 1.807) is 18.4 Å². The van der Waals surface area contributed by atoms with Gasteiger partial charge in [-0.3, -0.25) is 0 Å². The fourth-order valence-corrected chi connectivity index (χ4v) is 5.95. The van der Waals surface area contributed by atoms with Crippen LogP contribution in [0.15, 0.2) is 18.2 Å². The number of ether oxygens (including phenoxy) is 2. The third-order valence-electron chi connectivity index (χ3n) is 7.06. The highest BCUT2D eigenvalue weighted by Gasteiger charge is 2.29. The van der Waals surface area contributed by atoms with Crippen LogP contribution in [0.3, 0.4) is 0 Å². The van der Waals surface area contributed by atoms with Crippen LogP contribution in [0.25, 0.3) is 20.8 Å². The van der Waals surface area contributed by atoms with E-state index >= 15 is 0 Å². The topological polar surface area (TPSA) is 113 Å². The first-order valence-electron chi connectivity index (χ1n) is 12.5. The molecule has 0 spiro atoms. The van der Waals surface area contributed by atoms with Crippen molar-refractivity contribution in [3.8, 4) is 16.5 Å². The van der Waals surface area contributed by atoms with Gasteiger partial charge in [-0.15, -0.1) is 11.3 Å². The number of morpholine rings is 1. The van der Waals surface area contributed by atoms with E-state index < -0.39 is 6.09 Å². The molecule has 36 heavy (non-hydrogen) atoms. The number of amides is 1. The Balaban J connectivity index is 1.41. The Labute approximate surface area is 213 Å². The molecule has 2 N–H and O–H groups in total. The summed E-state index contributed by atoms with van der Waals surface area (Å²) in [5.74, 6) is 2.32. The van der Waals surface area contributed by atoms with Crippen molar-refractivity contribution in [2.75, 3.05) is 56.7 Å². The molecular weight excluding hydrogens is 480 g/mol. The van der Waals surface area contributed by atoms with Crippen molar-refractivity contribution in [3.63, 3.8) is 0 Å². The third-order valence-corrected chi connectivity index (χ3v) is 8.11. The molecule has 0 radical (unpaired) electrons. The number of nitrogens with one attached hydrogen (secondary N) is 1. The number of anilines is 2. The van der Waals surface area contributed by atoms with E-state index in [-0.39, 0.29) is 6.04 Å². The van der Waals surface area contributed by atoms with Crippen LogP contribution in [0.4, 0.5) is 16.6 Å². The summed E-state index contributed by atoms with van der Waals surface area (Å²) >= 11 is 1.59. The molecule has 3 aromatic rings. The van der Waals surface area contributed by atoms with Gasteiger partial charge in [-0.1, -0.05) is 6.07 Å². The van der Waals surface area contributed by atoms with E-state index in [2.05, 4.69) is 28.4 Å². The van der Waals surface area contributed by atoms with Gasteiger partial charge in [0.2, 0.25) is 11.8 Å². The fourth-order valence-electron chi connectivity index (χ4n) is 4.96. The maximum atomic E-state index is 11.6. The summed E-state index contributed by atoms with van der Waals surface area (Å²) in [5, 5.41) is 13.9. The minimum Gasteiger partial charge on any atom is -0.480 e. The number of rotatable bonds is 6. The van der Waals surface area contributed by atoms with Gasteiger partial charge >= 0.3 is 6.09 Å². The van der Waals surface area contributed by atoms with E-state index in [4.69, 9.17) is 24.4 Å². The van der Waals surface area contributed by atoms with Crippen molar-refractivity contribution < 1.29 is 19.4 Å². The first-order chi connectivity index (χ1) is 17.6. The Morgan fingerprint density at radius 1 is 1.17 bits per heavy atom. The number of piperidine rings is 1. The highest BCUT2D eigenvalue weighted by Crippen LogP contribution is 2.44. The third kappa shape index (κ3) is 4.64. The van der Waals surface area contributed by atoms with Gasteiger partial charge in [0.25, 0.3) is 0 Å². The molecule has 1 amide bonds. The summed E-state index contributed by atoms with van der Waals surface area (Å²) in [6.45, 7) is 3.58. The van der Waals surface area contributed by atoms with Crippen molar-refractivity contribution in [2.24, 2.45) is 0 Å². The summed E-state index contributed by atoms with van der Waals surface area (Å²) in [6, 6.07) is 6.49. The predicted octanol–water partition coefficient (Wildman–Crippen LogP) is 4.03. The molecule has 6 rings (SSSR count). The second-order valence-corrected chi connectivity index (χ2v) is 10.6. The summed E-state index contributed by atoms with van der Waals surface area (Å²) in [6.07, 6.45) is 3.25. The monoisotopic (exact) mass is 510 g/mol. The smallest absolute Gasteiger partial charge is 0.407 e. The van der Waals surface area contributed by atoms with Crippen LogP contribution in [0.1, 0.15) is 37.2 Å². The highest BCUT2D eigenvalue weighted by atomic mass is 32.1. The Morgan fingerprint density at radius 2 is 2.00 bits per heavy atom. The molecule has 3 fully saturated rings. The second-order valence-electron chi connectivity index (χ2n) is 9.59. The van der Waals surface area contributed by atoms with Gasteiger partial charge in [0.15, 0.2) is 0 Å².